The molecule has 1 saturated heterocycles. The zero-order chi connectivity index (χ0) is 17.3. The van der Waals surface area contributed by atoms with Crippen LogP contribution in [0.3, 0.4) is 0 Å². The number of rotatable bonds is 4. The average molecular weight is 350 g/mol. The molecule has 2 aromatic rings. The number of aliphatic hydroxyl groups excluding tert-OH is 1. The minimum absolute atomic E-state index is 0.435. The summed E-state index contributed by atoms with van der Waals surface area (Å²) in [7, 11) is 0. The summed E-state index contributed by atoms with van der Waals surface area (Å²) < 4.78 is 1.79. The van der Waals surface area contributed by atoms with E-state index in [1.807, 2.05) is 38.1 Å². The monoisotopic (exact) mass is 349 g/mol. The zero-order valence-electron chi connectivity index (χ0n) is 14.1. The standard InChI is InChI=1S/C17H24ClN5O/c1-12-13(2)23(20-17(12)19)11-16(24)22-9-7-21(8-10-22)15-5-3-14(18)4-6-15/h3-6,16,24H,7-11H2,1-2H3,(H2,19,20). The number of nitrogens with two attached hydrogens (primary N) is 1. The molecule has 0 saturated carbocycles. The summed E-state index contributed by atoms with van der Waals surface area (Å²) in [4.78, 5) is 4.39. The van der Waals surface area contributed by atoms with Gasteiger partial charge in [0.2, 0.25) is 0 Å². The van der Waals surface area contributed by atoms with Gasteiger partial charge in [0, 0.05) is 48.1 Å². The minimum atomic E-state index is -0.560. The van der Waals surface area contributed by atoms with Crippen molar-refractivity contribution in [2.45, 2.75) is 26.6 Å². The van der Waals surface area contributed by atoms with Crippen molar-refractivity contribution in [2.75, 3.05) is 36.8 Å². The van der Waals surface area contributed by atoms with E-state index < -0.39 is 6.23 Å². The molecule has 0 radical (unpaired) electrons. The molecule has 1 atom stereocenters. The Morgan fingerprint density at radius 2 is 1.79 bits per heavy atom. The Morgan fingerprint density at radius 3 is 2.33 bits per heavy atom. The van der Waals surface area contributed by atoms with Crippen LogP contribution >= 0.6 is 11.6 Å². The van der Waals surface area contributed by atoms with Crippen molar-refractivity contribution < 1.29 is 5.11 Å². The molecule has 3 N–H and O–H groups in total. The largest absolute Gasteiger partial charge is 0.382 e. The van der Waals surface area contributed by atoms with E-state index in [1.54, 1.807) is 4.68 Å². The van der Waals surface area contributed by atoms with E-state index in [1.165, 1.54) is 5.69 Å². The highest BCUT2D eigenvalue weighted by Gasteiger charge is 2.23. The number of anilines is 2. The molecule has 0 amide bonds. The predicted molar refractivity (Wildman–Crippen MR) is 97.4 cm³/mol. The van der Waals surface area contributed by atoms with E-state index in [-0.39, 0.29) is 0 Å². The second-order valence-electron chi connectivity index (χ2n) is 6.26. The first-order valence-corrected chi connectivity index (χ1v) is 8.55. The van der Waals surface area contributed by atoms with Crippen molar-refractivity contribution in [3.8, 4) is 0 Å². The van der Waals surface area contributed by atoms with Crippen LogP contribution in [0.5, 0.6) is 0 Å². The summed E-state index contributed by atoms with van der Waals surface area (Å²) in [6.45, 7) is 7.72. The molecule has 1 aliphatic rings. The van der Waals surface area contributed by atoms with Crippen LogP contribution in [0.15, 0.2) is 24.3 Å². The maximum atomic E-state index is 10.5. The summed E-state index contributed by atoms with van der Waals surface area (Å²) in [5.41, 5.74) is 9.00. The average Bonchev–Trinajstić information content (AvgIpc) is 2.83. The number of hydrogen-bond donors (Lipinski definition) is 2. The second kappa shape index (κ2) is 7.01. The molecule has 0 aliphatic carbocycles. The van der Waals surface area contributed by atoms with Crippen LogP contribution in [0.1, 0.15) is 11.3 Å². The first-order valence-electron chi connectivity index (χ1n) is 8.18. The van der Waals surface area contributed by atoms with E-state index >= 15 is 0 Å². The Labute approximate surface area is 147 Å². The summed E-state index contributed by atoms with van der Waals surface area (Å²) in [5.74, 6) is 0.534. The molecule has 1 unspecified atom stereocenters. The molecule has 130 valence electrons. The van der Waals surface area contributed by atoms with Crippen LogP contribution in [0, 0.1) is 13.8 Å². The Balaban J connectivity index is 1.57. The Bertz CT molecular complexity index is 692. The molecule has 24 heavy (non-hydrogen) atoms. The van der Waals surface area contributed by atoms with Crippen LogP contribution < -0.4 is 10.6 Å². The molecular weight excluding hydrogens is 326 g/mol. The minimum Gasteiger partial charge on any atom is -0.382 e. The normalized spacial score (nSPS) is 17.2. The number of nitrogens with zero attached hydrogens (tertiary/aromatic N) is 4. The number of halogens is 1. The van der Waals surface area contributed by atoms with Crippen molar-refractivity contribution in [3.63, 3.8) is 0 Å². The number of piperazine rings is 1. The Morgan fingerprint density at radius 1 is 1.17 bits per heavy atom. The highest BCUT2D eigenvalue weighted by atomic mass is 35.5. The van der Waals surface area contributed by atoms with E-state index in [4.69, 9.17) is 17.3 Å². The smallest absolute Gasteiger partial charge is 0.148 e. The molecule has 1 aliphatic heterocycles. The van der Waals surface area contributed by atoms with Gasteiger partial charge < -0.3 is 15.7 Å². The van der Waals surface area contributed by atoms with Crippen molar-refractivity contribution >= 4 is 23.1 Å². The lowest BCUT2D eigenvalue weighted by molar-refractivity contribution is -0.0142. The molecule has 7 heteroatoms. The van der Waals surface area contributed by atoms with Crippen LogP contribution in [0.2, 0.25) is 5.02 Å². The van der Waals surface area contributed by atoms with Crippen molar-refractivity contribution in [2.24, 2.45) is 0 Å². The lowest BCUT2D eigenvalue weighted by Crippen LogP contribution is -2.51. The van der Waals surface area contributed by atoms with Gasteiger partial charge in [0.15, 0.2) is 0 Å². The van der Waals surface area contributed by atoms with Crippen molar-refractivity contribution in [3.05, 3.63) is 40.5 Å². The third-order valence-corrected chi connectivity index (χ3v) is 5.06. The molecule has 0 spiro atoms. The molecule has 3 rings (SSSR count). The summed E-state index contributed by atoms with van der Waals surface area (Å²) in [5, 5.41) is 15.6. The number of nitrogen functional groups attached to an aromatic ring is 1. The Kier molecular flexibility index (Phi) is 4.99. The molecule has 0 bridgehead atoms. The van der Waals surface area contributed by atoms with Gasteiger partial charge >= 0.3 is 0 Å². The van der Waals surface area contributed by atoms with E-state index in [0.29, 0.717) is 12.4 Å². The first kappa shape index (κ1) is 17.1. The quantitative estimate of drug-likeness (QED) is 0.882. The first-order chi connectivity index (χ1) is 11.5. The number of benzene rings is 1. The van der Waals surface area contributed by atoms with Gasteiger partial charge in [0.05, 0.1) is 6.54 Å². The summed E-state index contributed by atoms with van der Waals surface area (Å²) in [6, 6.07) is 7.89. The topological polar surface area (TPSA) is 70.5 Å². The summed E-state index contributed by atoms with van der Waals surface area (Å²) in [6.07, 6.45) is -0.560. The Hall–Kier alpha value is -1.76. The van der Waals surface area contributed by atoms with Gasteiger partial charge in [-0.15, -0.1) is 0 Å². The fourth-order valence-corrected chi connectivity index (χ4v) is 3.16. The molecular formula is C17H24ClN5O. The number of aromatic nitrogens is 2. The van der Waals surface area contributed by atoms with Gasteiger partial charge in [-0.25, -0.2) is 0 Å². The predicted octanol–water partition coefficient (Wildman–Crippen LogP) is 1.88. The number of aliphatic hydroxyl groups is 1. The lowest BCUT2D eigenvalue weighted by atomic mass is 10.2. The fourth-order valence-electron chi connectivity index (χ4n) is 3.04. The third kappa shape index (κ3) is 3.50. The van der Waals surface area contributed by atoms with Crippen LogP contribution in [0.25, 0.3) is 0 Å². The SMILES string of the molecule is Cc1c(N)nn(CC(O)N2CCN(c3ccc(Cl)cc3)CC2)c1C. The third-order valence-electron chi connectivity index (χ3n) is 4.81. The van der Waals surface area contributed by atoms with Gasteiger partial charge in [-0.3, -0.25) is 9.58 Å². The lowest BCUT2D eigenvalue weighted by Gasteiger charge is -2.38. The zero-order valence-corrected chi connectivity index (χ0v) is 14.9. The van der Waals surface area contributed by atoms with E-state index in [0.717, 1.165) is 42.5 Å². The van der Waals surface area contributed by atoms with Gasteiger partial charge in [-0.05, 0) is 38.1 Å². The molecule has 6 nitrogen and oxygen atoms in total. The molecule has 1 aromatic carbocycles. The highest BCUT2D eigenvalue weighted by molar-refractivity contribution is 6.30. The van der Waals surface area contributed by atoms with Crippen molar-refractivity contribution in [1.82, 2.24) is 14.7 Å². The van der Waals surface area contributed by atoms with Crippen LogP contribution in [0.4, 0.5) is 11.5 Å². The van der Waals surface area contributed by atoms with E-state index in [2.05, 4.69) is 14.9 Å². The van der Waals surface area contributed by atoms with Crippen LogP contribution in [-0.2, 0) is 6.54 Å². The second-order valence-corrected chi connectivity index (χ2v) is 6.69. The highest BCUT2D eigenvalue weighted by Crippen LogP contribution is 2.20. The van der Waals surface area contributed by atoms with Crippen molar-refractivity contribution in [1.29, 1.82) is 0 Å². The van der Waals surface area contributed by atoms with Gasteiger partial charge in [0.25, 0.3) is 0 Å². The van der Waals surface area contributed by atoms with Crippen LogP contribution in [-0.4, -0.2) is 52.2 Å². The molecule has 1 fully saturated rings. The van der Waals surface area contributed by atoms with E-state index in [9.17, 15) is 5.11 Å². The maximum Gasteiger partial charge on any atom is 0.148 e. The summed E-state index contributed by atoms with van der Waals surface area (Å²) >= 11 is 5.94. The van der Waals surface area contributed by atoms with Gasteiger partial charge in [0.1, 0.15) is 12.0 Å². The maximum absolute atomic E-state index is 10.5. The fraction of sp³-hybridized carbons (Fsp3) is 0.471. The van der Waals surface area contributed by atoms with Gasteiger partial charge in [-0.1, -0.05) is 11.6 Å². The van der Waals surface area contributed by atoms with Gasteiger partial charge in [-0.2, -0.15) is 5.10 Å². The number of hydrogen-bond acceptors (Lipinski definition) is 5. The molecule has 1 aromatic heterocycles. The molecule has 2 heterocycles.